The number of carbonyl (C=O) groups is 2. The zero-order chi connectivity index (χ0) is 13.7. The smallest absolute Gasteiger partial charge is 0.307 e. The number of carboxylic acids is 1. The summed E-state index contributed by atoms with van der Waals surface area (Å²) in [7, 11) is 0. The summed E-state index contributed by atoms with van der Waals surface area (Å²) in [6, 6.07) is 0.263. The third kappa shape index (κ3) is 3.34. The van der Waals surface area contributed by atoms with Crippen LogP contribution in [0, 0.1) is 11.8 Å². The van der Waals surface area contributed by atoms with Crippen LogP contribution in [0.15, 0.2) is 12.7 Å². The first-order chi connectivity index (χ1) is 8.49. The van der Waals surface area contributed by atoms with Crippen molar-refractivity contribution >= 4 is 11.9 Å². The fourth-order valence-corrected chi connectivity index (χ4v) is 2.46. The van der Waals surface area contributed by atoms with Crippen molar-refractivity contribution in [3.8, 4) is 0 Å². The van der Waals surface area contributed by atoms with Crippen molar-refractivity contribution in [3.63, 3.8) is 0 Å². The van der Waals surface area contributed by atoms with Gasteiger partial charge in [0.2, 0.25) is 5.91 Å². The normalized spacial score (nSPS) is 19.2. The van der Waals surface area contributed by atoms with E-state index < -0.39 is 17.8 Å². The Balaban J connectivity index is 2.74. The second kappa shape index (κ2) is 6.57. The van der Waals surface area contributed by atoms with E-state index in [1.807, 2.05) is 4.90 Å². The predicted molar refractivity (Wildman–Crippen MR) is 70.1 cm³/mol. The number of aliphatic carboxylic acids is 1. The molecule has 1 fully saturated rings. The van der Waals surface area contributed by atoms with E-state index in [4.69, 9.17) is 5.11 Å². The van der Waals surface area contributed by atoms with Gasteiger partial charge in [-0.25, -0.2) is 0 Å². The van der Waals surface area contributed by atoms with Crippen molar-refractivity contribution in [2.45, 2.75) is 45.6 Å². The molecule has 4 heteroatoms. The molecule has 1 amide bonds. The number of carboxylic acid groups (broad SMARTS) is 1. The molecule has 0 aromatic carbocycles. The Hall–Kier alpha value is -1.32. The minimum absolute atomic E-state index is 0.0586. The quantitative estimate of drug-likeness (QED) is 0.739. The van der Waals surface area contributed by atoms with Gasteiger partial charge in [0.15, 0.2) is 0 Å². The summed E-state index contributed by atoms with van der Waals surface area (Å²) in [6.07, 6.45) is 6.05. The van der Waals surface area contributed by atoms with Crippen molar-refractivity contribution in [1.82, 2.24) is 4.90 Å². The lowest BCUT2D eigenvalue weighted by Crippen LogP contribution is -2.44. The van der Waals surface area contributed by atoms with Gasteiger partial charge in [-0.15, -0.1) is 6.58 Å². The van der Waals surface area contributed by atoms with E-state index in [0.717, 1.165) is 25.7 Å². The monoisotopic (exact) mass is 253 g/mol. The molecule has 1 aliphatic rings. The molecule has 0 aliphatic heterocycles. The highest BCUT2D eigenvalue weighted by molar-refractivity contribution is 5.84. The highest BCUT2D eigenvalue weighted by atomic mass is 16.4. The second-order valence-corrected chi connectivity index (χ2v) is 5.13. The Morgan fingerprint density at radius 2 is 1.89 bits per heavy atom. The predicted octanol–water partition coefficient (Wildman–Crippen LogP) is 2.30. The Morgan fingerprint density at radius 1 is 1.33 bits per heavy atom. The van der Waals surface area contributed by atoms with Crippen molar-refractivity contribution in [2.75, 3.05) is 6.54 Å². The average molecular weight is 253 g/mol. The molecule has 4 nitrogen and oxygen atoms in total. The molecule has 0 heterocycles. The maximum atomic E-state index is 12.4. The standard InChI is InChI=1S/C14H23NO3/c1-4-9-15(12-7-5-6-8-12)13(16)10(2)11(3)14(17)18/h4,10-12H,1,5-9H2,2-3H3,(H,17,18). The van der Waals surface area contributed by atoms with Gasteiger partial charge >= 0.3 is 5.97 Å². The lowest BCUT2D eigenvalue weighted by molar-refractivity contribution is -0.149. The molecule has 0 spiro atoms. The van der Waals surface area contributed by atoms with Gasteiger partial charge in [-0.3, -0.25) is 9.59 Å². The summed E-state index contributed by atoms with van der Waals surface area (Å²) >= 11 is 0. The molecule has 1 saturated carbocycles. The molecule has 102 valence electrons. The Labute approximate surface area is 109 Å². The van der Waals surface area contributed by atoms with E-state index in [1.54, 1.807) is 19.9 Å². The third-order valence-electron chi connectivity index (χ3n) is 3.90. The van der Waals surface area contributed by atoms with Crippen molar-refractivity contribution in [3.05, 3.63) is 12.7 Å². The van der Waals surface area contributed by atoms with Crippen LogP contribution in [0.5, 0.6) is 0 Å². The molecular formula is C14H23NO3. The molecule has 2 unspecified atom stereocenters. The van der Waals surface area contributed by atoms with Crippen molar-refractivity contribution < 1.29 is 14.7 Å². The summed E-state index contributed by atoms with van der Waals surface area (Å²) in [5.74, 6) is -2.10. The first-order valence-corrected chi connectivity index (χ1v) is 6.63. The van der Waals surface area contributed by atoms with Crippen LogP contribution in [0.2, 0.25) is 0 Å². The highest BCUT2D eigenvalue weighted by Crippen LogP contribution is 2.26. The van der Waals surface area contributed by atoms with Crippen LogP contribution < -0.4 is 0 Å². The van der Waals surface area contributed by atoms with Crippen LogP contribution in [0.1, 0.15) is 39.5 Å². The lowest BCUT2D eigenvalue weighted by atomic mass is 9.94. The molecule has 1 N–H and O–H groups in total. The summed E-state index contributed by atoms with van der Waals surface area (Å²) < 4.78 is 0. The molecule has 0 bridgehead atoms. The van der Waals surface area contributed by atoms with Crippen LogP contribution in [-0.4, -0.2) is 34.5 Å². The Bertz CT molecular complexity index is 321. The summed E-state index contributed by atoms with van der Waals surface area (Å²) in [5, 5.41) is 8.99. The second-order valence-electron chi connectivity index (χ2n) is 5.13. The molecule has 0 radical (unpaired) electrons. The maximum Gasteiger partial charge on any atom is 0.307 e. The van der Waals surface area contributed by atoms with Gasteiger partial charge in [-0.05, 0) is 12.8 Å². The first kappa shape index (κ1) is 14.7. The fraction of sp³-hybridized carbons (Fsp3) is 0.714. The van der Waals surface area contributed by atoms with Gasteiger partial charge in [0, 0.05) is 18.5 Å². The van der Waals surface area contributed by atoms with E-state index in [0.29, 0.717) is 6.54 Å². The third-order valence-corrected chi connectivity index (χ3v) is 3.90. The summed E-state index contributed by atoms with van der Waals surface area (Å²) in [5.41, 5.74) is 0. The van der Waals surface area contributed by atoms with E-state index in [9.17, 15) is 9.59 Å². The largest absolute Gasteiger partial charge is 0.481 e. The number of rotatable bonds is 6. The number of hydrogen-bond acceptors (Lipinski definition) is 2. The SMILES string of the molecule is C=CCN(C(=O)C(C)C(C)C(=O)O)C1CCCC1. The zero-order valence-electron chi connectivity index (χ0n) is 11.3. The number of carbonyl (C=O) groups excluding carboxylic acids is 1. The molecule has 2 atom stereocenters. The molecule has 0 aromatic heterocycles. The van der Waals surface area contributed by atoms with Crippen LogP contribution in [0.4, 0.5) is 0 Å². The maximum absolute atomic E-state index is 12.4. The van der Waals surface area contributed by atoms with Crippen LogP contribution in [-0.2, 0) is 9.59 Å². The average Bonchev–Trinajstić information content (AvgIpc) is 2.86. The molecule has 18 heavy (non-hydrogen) atoms. The Kier molecular flexibility index (Phi) is 5.38. The summed E-state index contributed by atoms with van der Waals surface area (Å²) in [4.78, 5) is 25.1. The Morgan fingerprint density at radius 3 is 2.33 bits per heavy atom. The molecule has 1 aliphatic carbocycles. The minimum atomic E-state index is -0.916. The summed E-state index contributed by atoms with van der Waals surface area (Å²) in [6.45, 7) is 7.49. The zero-order valence-corrected chi connectivity index (χ0v) is 11.3. The van der Waals surface area contributed by atoms with Crippen LogP contribution in [0.25, 0.3) is 0 Å². The van der Waals surface area contributed by atoms with Gasteiger partial charge in [-0.2, -0.15) is 0 Å². The van der Waals surface area contributed by atoms with Crippen molar-refractivity contribution in [1.29, 1.82) is 0 Å². The molecule has 0 aromatic rings. The number of nitrogens with zero attached hydrogens (tertiary/aromatic N) is 1. The van der Waals surface area contributed by atoms with Crippen LogP contribution in [0.3, 0.4) is 0 Å². The van der Waals surface area contributed by atoms with E-state index in [1.165, 1.54) is 0 Å². The minimum Gasteiger partial charge on any atom is -0.481 e. The van der Waals surface area contributed by atoms with E-state index in [2.05, 4.69) is 6.58 Å². The van der Waals surface area contributed by atoms with Gasteiger partial charge < -0.3 is 10.0 Å². The highest BCUT2D eigenvalue weighted by Gasteiger charge is 2.33. The molecule has 1 rings (SSSR count). The van der Waals surface area contributed by atoms with E-state index in [-0.39, 0.29) is 11.9 Å². The topological polar surface area (TPSA) is 57.6 Å². The van der Waals surface area contributed by atoms with Crippen LogP contribution >= 0.6 is 0 Å². The molecule has 0 saturated heterocycles. The van der Waals surface area contributed by atoms with Crippen molar-refractivity contribution in [2.24, 2.45) is 11.8 Å². The van der Waals surface area contributed by atoms with Gasteiger partial charge in [0.25, 0.3) is 0 Å². The lowest BCUT2D eigenvalue weighted by Gasteiger charge is -2.31. The van der Waals surface area contributed by atoms with Gasteiger partial charge in [0.05, 0.1) is 5.92 Å². The fourth-order valence-electron chi connectivity index (χ4n) is 2.46. The van der Waals surface area contributed by atoms with Gasteiger partial charge in [0.1, 0.15) is 0 Å². The number of amides is 1. The van der Waals surface area contributed by atoms with E-state index >= 15 is 0 Å². The number of hydrogen-bond donors (Lipinski definition) is 1. The first-order valence-electron chi connectivity index (χ1n) is 6.63. The molecular weight excluding hydrogens is 230 g/mol. The van der Waals surface area contributed by atoms with Gasteiger partial charge in [-0.1, -0.05) is 32.8 Å².